The summed E-state index contributed by atoms with van der Waals surface area (Å²) in [5, 5.41) is 0. The van der Waals surface area contributed by atoms with Gasteiger partial charge in [-0.1, -0.05) is 30.4 Å². The monoisotopic (exact) mass is 134 g/mol. The smallest absolute Gasteiger partial charge is 0.166 e. The van der Waals surface area contributed by atoms with Crippen LogP contribution in [-0.4, -0.2) is 5.78 Å². The van der Waals surface area contributed by atoms with Gasteiger partial charge in [-0.05, 0) is 6.92 Å². The Hall–Kier alpha value is -1.11. The van der Waals surface area contributed by atoms with Crippen LogP contribution in [0, 0.1) is 0 Å². The van der Waals surface area contributed by atoms with Crippen molar-refractivity contribution in [1.82, 2.24) is 0 Å². The molecule has 0 saturated carbocycles. The molecule has 0 radical (unpaired) electrons. The second-order valence-corrected chi connectivity index (χ2v) is 2.44. The predicted molar refractivity (Wildman–Crippen MR) is 41.7 cm³/mol. The van der Waals surface area contributed by atoms with E-state index in [0.717, 1.165) is 11.1 Å². The first-order chi connectivity index (χ1) is 4.74. The molecule has 0 spiro atoms. The normalized spacial score (nSPS) is 17.9. The van der Waals surface area contributed by atoms with Crippen molar-refractivity contribution >= 4 is 5.78 Å². The van der Waals surface area contributed by atoms with Gasteiger partial charge in [-0.15, -0.1) is 0 Å². The first kappa shape index (κ1) is 7.00. The van der Waals surface area contributed by atoms with Crippen molar-refractivity contribution in [2.75, 3.05) is 0 Å². The minimum absolute atomic E-state index is 0.176. The Labute approximate surface area is 60.7 Å². The van der Waals surface area contributed by atoms with E-state index in [0.29, 0.717) is 6.42 Å². The van der Waals surface area contributed by atoms with Gasteiger partial charge in [0.1, 0.15) is 0 Å². The first-order valence-corrected chi connectivity index (χ1v) is 3.27. The molecule has 52 valence electrons. The molecule has 0 bridgehead atoms. The van der Waals surface area contributed by atoms with Crippen LogP contribution in [0.5, 0.6) is 0 Å². The largest absolute Gasteiger partial charge is 0.294 e. The van der Waals surface area contributed by atoms with E-state index in [-0.39, 0.29) is 5.78 Å². The fourth-order valence-electron chi connectivity index (χ4n) is 0.921. The molecule has 1 rings (SSSR count). The van der Waals surface area contributed by atoms with Crippen molar-refractivity contribution in [3.05, 3.63) is 36.0 Å². The molecule has 0 atom stereocenters. The Morgan fingerprint density at radius 2 is 2.30 bits per heavy atom. The zero-order valence-electron chi connectivity index (χ0n) is 6.05. The molecular weight excluding hydrogens is 124 g/mol. The zero-order valence-corrected chi connectivity index (χ0v) is 6.05. The summed E-state index contributed by atoms with van der Waals surface area (Å²) in [7, 11) is 0. The molecule has 0 N–H and O–H groups in total. The number of hydrogen-bond acceptors (Lipinski definition) is 1. The van der Waals surface area contributed by atoms with E-state index in [2.05, 4.69) is 6.58 Å². The van der Waals surface area contributed by atoms with Crippen LogP contribution in [0.25, 0.3) is 0 Å². The zero-order chi connectivity index (χ0) is 7.56. The fourth-order valence-corrected chi connectivity index (χ4v) is 0.921. The predicted octanol–water partition coefficient (Wildman–Crippen LogP) is 2.02. The van der Waals surface area contributed by atoms with Crippen LogP contribution in [0.3, 0.4) is 0 Å². The maximum atomic E-state index is 11.1. The molecule has 1 aliphatic carbocycles. The summed E-state index contributed by atoms with van der Waals surface area (Å²) in [6, 6.07) is 0. The van der Waals surface area contributed by atoms with Crippen molar-refractivity contribution in [2.24, 2.45) is 0 Å². The van der Waals surface area contributed by atoms with Crippen LogP contribution >= 0.6 is 0 Å². The Kier molecular flexibility index (Phi) is 1.86. The Morgan fingerprint density at radius 1 is 1.60 bits per heavy atom. The molecule has 0 heterocycles. The minimum Gasteiger partial charge on any atom is -0.294 e. The summed E-state index contributed by atoms with van der Waals surface area (Å²) in [5.41, 5.74) is 1.85. The van der Waals surface area contributed by atoms with Gasteiger partial charge >= 0.3 is 0 Å². The van der Waals surface area contributed by atoms with E-state index >= 15 is 0 Å². The summed E-state index contributed by atoms with van der Waals surface area (Å²) >= 11 is 0. The third-order valence-electron chi connectivity index (χ3n) is 1.53. The summed E-state index contributed by atoms with van der Waals surface area (Å²) in [6.07, 6.45) is 5.93. The second kappa shape index (κ2) is 2.65. The van der Waals surface area contributed by atoms with Gasteiger partial charge in [0.05, 0.1) is 0 Å². The van der Waals surface area contributed by atoms with Crippen LogP contribution in [0.2, 0.25) is 0 Å². The fraction of sp³-hybridized carbons (Fsp3) is 0.222. The topological polar surface area (TPSA) is 17.1 Å². The highest BCUT2D eigenvalue weighted by molar-refractivity contribution is 6.00. The van der Waals surface area contributed by atoms with Crippen LogP contribution < -0.4 is 0 Å². The molecule has 1 nitrogen and oxygen atoms in total. The highest BCUT2D eigenvalue weighted by atomic mass is 16.1. The van der Waals surface area contributed by atoms with Crippen molar-refractivity contribution in [2.45, 2.75) is 13.3 Å². The van der Waals surface area contributed by atoms with E-state index in [1.165, 1.54) is 0 Å². The van der Waals surface area contributed by atoms with E-state index < -0.39 is 0 Å². The van der Waals surface area contributed by atoms with E-state index in [9.17, 15) is 4.79 Å². The maximum Gasteiger partial charge on any atom is 0.166 e. The molecule has 0 aromatic carbocycles. The molecule has 0 amide bonds. The van der Waals surface area contributed by atoms with Crippen LogP contribution in [0.1, 0.15) is 13.3 Å². The van der Waals surface area contributed by atoms with Gasteiger partial charge in [0.15, 0.2) is 5.78 Å². The van der Waals surface area contributed by atoms with Gasteiger partial charge in [0.25, 0.3) is 0 Å². The highest BCUT2D eigenvalue weighted by Crippen LogP contribution is 2.14. The quantitative estimate of drug-likeness (QED) is 0.536. The lowest BCUT2D eigenvalue weighted by Crippen LogP contribution is -2.03. The lowest BCUT2D eigenvalue weighted by molar-refractivity contribution is -0.114. The number of carbonyl (C=O) groups excluding carboxylic acids is 1. The lowest BCUT2D eigenvalue weighted by atomic mass is 9.98. The van der Waals surface area contributed by atoms with Gasteiger partial charge in [-0.3, -0.25) is 4.79 Å². The van der Waals surface area contributed by atoms with Crippen LogP contribution in [-0.2, 0) is 4.79 Å². The Balaban J connectivity index is 2.92. The Bertz CT molecular complexity index is 231. The maximum absolute atomic E-state index is 11.1. The molecule has 1 heteroatoms. The molecule has 0 fully saturated rings. The van der Waals surface area contributed by atoms with E-state index in [1.54, 1.807) is 6.08 Å². The van der Waals surface area contributed by atoms with E-state index in [1.807, 2.05) is 19.1 Å². The molecule has 0 saturated heterocycles. The number of carbonyl (C=O) groups is 1. The highest BCUT2D eigenvalue weighted by Gasteiger charge is 2.09. The number of Topliss-reactive ketones (excluding diaryl/α,β-unsaturated/α-hetero) is 1. The lowest BCUT2D eigenvalue weighted by Gasteiger charge is -2.05. The molecule has 0 aromatic rings. The second-order valence-electron chi connectivity index (χ2n) is 2.44. The minimum atomic E-state index is 0.176. The summed E-state index contributed by atoms with van der Waals surface area (Å²) in [4.78, 5) is 11.1. The van der Waals surface area contributed by atoms with E-state index in [4.69, 9.17) is 0 Å². The molecule has 1 aliphatic rings. The summed E-state index contributed by atoms with van der Waals surface area (Å²) < 4.78 is 0. The van der Waals surface area contributed by atoms with Crippen LogP contribution in [0.4, 0.5) is 0 Å². The van der Waals surface area contributed by atoms with Crippen molar-refractivity contribution < 1.29 is 4.79 Å². The Morgan fingerprint density at radius 3 is 2.80 bits per heavy atom. The summed E-state index contributed by atoms with van der Waals surface area (Å²) in [5.74, 6) is 0.176. The number of hydrogen-bond donors (Lipinski definition) is 0. The van der Waals surface area contributed by atoms with Gasteiger partial charge < -0.3 is 0 Å². The number of ketones is 1. The average molecular weight is 134 g/mol. The third kappa shape index (κ3) is 1.24. The molecule has 0 aromatic heterocycles. The van der Waals surface area contributed by atoms with Crippen molar-refractivity contribution in [1.29, 1.82) is 0 Å². The van der Waals surface area contributed by atoms with Crippen molar-refractivity contribution in [3.63, 3.8) is 0 Å². The van der Waals surface area contributed by atoms with Gasteiger partial charge in [0, 0.05) is 12.0 Å². The summed E-state index contributed by atoms with van der Waals surface area (Å²) in [6.45, 7) is 5.49. The third-order valence-corrected chi connectivity index (χ3v) is 1.53. The molecule has 0 unspecified atom stereocenters. The SMILES string of the molecule is C=CC1=CC=C(C)CC1=O. The van der Waals surface area contributed by atoms with Gasteiger partial charge in [0.2, 0.25) is 0 Å². The average Bonchev–Trinajstić information content (AvgIpc) is 1.88. The molecule has 0 aliphatic heterocycles. The number of allylic oxidation sites excluding steroid dienone is 5. The van der Waals surface area contributed by atoms with Crippen LogP contribution in [0.15, 0.2) is 36.0 Å². The molecule has 10 heavy (non-hydrogen) atoms. The van der Waals surface area contributed by atoms with Gasteiger partial charge in [-0.2, -0.15) is 0 Å². The number of rotatable bonds is 1. The van der Waals surface area contributed by atoms with Crippen molar-refractivity contribution in [3.8, 4) is 0 Å². The molecular formula is C9H10O. The standard InChI is InChI=1S/C9H10O/c1-3-8-5-4-7(2)6-9(8)10/h3-5H,1,6H2,2H3. The first-order valence-electron chi connectivity index (χ1n) is 3.27. The van der Waals surface area contributed by atoms with Gasteiger partial charge in [-0.25, -0.2) is 0 Å².